The number of amides is 2. The van der Waals surface area contributed by atoms with Gasteiger partial charge in [-0.15, -0.1) is 0 Å². The number of likely N-dealkylation sites (tertiary alicyclic amines) is 1. The molecule has 0 unspecified atom stereocenters. The number of piperidine rings is 1. The van der Waals surface area contributed by atoms with E-state index >= 15 is 0 Å². The smallest absolute Gasteiger partial charge is 0.255 e. The molecular weight excluding hydrogens is 302 g/mol. The number of fused-ring (bicyclic) bond motifs is 1. The molecule has 5 nitrogen and oxygen atoms in total. The fourth-order valence-electron chi connectivity index (χ4n) is 3.37. The zero-order valence-corrected chi connectivity index (χ0v) is 14.4. The van der Waals surface area contributed by atoms with E-state index in [2.05, 4.69) is 4.98 Å². The SMILES string of the molecule is Cc1ccc2cc(C(=O)N3C[C@H](C(N)=O)CC[C@H]3C)c(C)nc2c1. The molecule has 2 N–H and O–H groups in total. The van der Waals surface area contributed by atoms with Gasteiger partial charge < -0.3 is 10.6 Å². The van der Waals surface area contributed by atoms with Crippen molar-refractivity contribution in [1.29, 1.82) is 0 Å². The first-order valence-corrected chi connectivity index (χ1v) is 8.35. The summed E-state index contributed by atoms with van der Waals surface area (Å²) in [6, 6.07) is 8.02. The van der Waals surface area contributed by atoms with E-state index in [1.807, 2.05) is 45.0 Å². The van der Waals surface area contributed by atoms with Gasteiger partial charge in [0.05, 0.1) is 22.7 Å². The number of benzene rings is 1. The fraction of sp³-hybridized carbons (Fsp3) is 0.421. The third-order valence-corrected chi connectivity index (χ3v) is 4.94. The molecule has 0 aliphatic carbocycles. The van der Waals surface area contributed by atoms with E-state index in [4.69, 9.17) is 5.73 Å². The van der Waals surface area contributed by atoms with E-state index < -0.39 is 0 Å². The van der Waals surface area contributed by atoms with Crippen molar-refractivity contribution in [2.45, 2.75) is 39.7 Å². The van der Waals surface area contributed by atoms with Crippen LogP contribution in [0.15, 0.2) is 24.3 Å². The summed E-state index contributed by atoms with van der Waals surface area (Å²) >= 11 is 0. The van der Waals surface area contributed by atoms with Gasteiger partial charge in [-0.3, -0.25) is 14.6 Å². The topological polar surface area (TPSA) is 76.3 Å². The van der Waals surface area contributed by atoms with Crippen molar-refractivity contribution in [2.24, 2.45) is 11.7 Å². The van der Waals surface area contributed by atoms with E-state index in [1.54, 1.807) is 4.90 Å². The minimum Gasteiger partial charge on any atom is -0.369 e. The third-order valence-electron chi connectivity index (χ3n) is 4.94. The highest BCUT2D eigenvalue weighted by Gasteiger charge is 2.32. The van der Waals surface area contributed by atoms with Crippen LogP contribution >= 0.6 is 0 Å². The Kier molecular flexibility index (Phi) is 4.26. The predicted molar refractivity (Wildman–Crippen MR) is 93.6 cm³/mol. The standard InChI is InChI=1S/C19H23N3O2/c1-11-4-6-14-9-16(13(3)21-17(14)8-11)19(24)22-10-15(18(20)23)7-5-12(22)2/h4,6,8-9,12,15H,5,7,10H2,1-3H3,(H2,20,23)/t12-,15-/m1/s1. The number of hydrogen-bond acceptors (Lipinski definition) is 3. The second-order valence-electron chi connectivity index (χ2n) is 6.80. The molecule has 24 heavy (non-hydrogen) atoms. The van der Waals surface area contributed by atoms with Gasteiger partial charge >= 0.3 is 0 Å². The normalized spacial score (nSPS) is 21.0. The number of aryl methyl sites for hydroxylation is 2. The van der Waals surface area contributed by atoms with Crippen LogP contribution in [0.2, 0.25) is 0 Å². The van der Waals surface area contributed by atoms with Crippen molar-refractivity contribution in [3.05, 3.63) is 41.1 Å². The highest BCUT2D eigenvalue weighted by atomic mass is 16.2. The van der Waals surface area contributed by atoms with Gasteiger partial charge in [-0.2, -0.15) is 0 Å². The summed E-state index contributed by atoms with van der Waals surface area (Å²) in [5, 5.41) is 0.950. The van der Waals surface area contributed by atoms with Crippen LogP contribution in [0.4, 0.5) is 0 Å². The molecule has 5 heteroatoms. The van der Waals surface area contributed by atoms with Crippen molar-refractivity contribution < 1.29 is 9.59 Å². The van der Waals surface area contributed by atoms with E-state index in [-0.39, 0.29) is 23.8 Å². The van der Waals surface area contributed by atoms with Gasteiger partial charge in [0, 0.05) is 18.0 Å². The highest BCUT2D eigenvalue weighted by molar-refractivity contribution is 5.99. The number of rotatable bonds is 2. The number of nitrogens with two attached hydrogens (primary N) is 1. The van der Waals surface area contributed by atoms with Gasteiger partial charge in [0.15, 0.2) is 0 Å². The van der Waals surface area contributed by atoms with Crippen LogP contribution in [0.5, 0.6) is 0 Å². The minimum atomic E-state index is -0.330. The largest absolute Gasteiger partial charge is 0.369 e. The van der Waals surface area contributed by atoms with Gasteiger partial charge in [0.1, 0.15) is 0 Å². The molecule has 2 atom stereocenters. The zero-order chi connectivity index (χ0) is 17.4. The molecule has 3 rings (SSSR count). The molecule has 2 heterocycles. The van der Waals surface area contributed by atoms with Crippen LogP contribution in [0.25, 0.3) is 10.9 Å². The minimum absolute atomic E-state index is 0.0686. The average molecular weight is 325 g/mol. The Morgan fingerprint density at radius 3 is 2.67 bits per heavy atom. The van der Waals surface area contributed by atoms with Gasteiger partial charge in [0.2, 0.25) is 5.91 Å². The van der Waals surface area contributed by atoms with Crippen LogP contribution in [-0.2, 0) is 4.79 Å². The van der Waals surface area contributed by atoms with Gasteiger partial charge in [-0.05, 0) is 51.3 Å². The van der Waals surface area contributed by atoms with E-state index in [1.165, 1.54) is 0 Å². The summed E-state index contributed by atoms with van der Waals surface area (Å²) in [5.41, 5.74) is 8.79. The predicted octanol–water partition coefficient (Wildman–Crippen LogP) is 2.58. The molecule has 2 aromatic rings. The first kappa shape index (κ1) is 16.4. The molecular formula is C19H23N3O2. The second kappa shape index (κ2) is 6.23. The Labute approximate surface area is 141 Å². The van der Waals surface area contributed by atoms with Crippen LogP contribution < -0.4 is 5.73 Å². The summed E-state index contributed by atoms with van der Waals surface area (Å²) < 4.78 is 0. The second-order valence-corrected chi connectivity index (χ2v) is 6.80. The van der Waals surface area contributed by atoms with Crippen molar-refractivity contribution in [2.75, 3.05) is 6.54 Å². The van der Waals surface area contributed by atoms with Gasteiger partial charge in [0.25, 0.3) is 5.91 Å². The molecule has 1 aliphatic rings. The van der Waals surface area contributed by atoms with Crippen LogP contribution in [0, 0.1) is 19.8 Å². The Morgan fingerprint density at radius 2 is 1.96 bits per heavy atom. The van der Waals surface area contributed by atoms with Crippen LogP contribution in [0.1, 0.15) is 41.4 Å². The molecule has 0 saturated carbocycles. The number of carbonyl (C=O) groups excluding carboxylic acids is 2. The van der Waals surface area contributed by atoms with Crippen molar-refractivity contribution >= 4 is 22.7 Å². The zero-order valence-electron chi connectivity index (χ0n) is 14.4. The summed E-state index contributed by atoms with van der Waals surface area (Å²) in [7, 11) is 0. The Hall–Kier alpha value is -2.43. The quantitative estimate of drug-likeness (QED) is 0.922. The lowest BCUT2D eigenvalue weighted by atomic mass is 9.92. The number of carbonyl (C=O) groups is 2. The maximum Gasteiger partial charge on any atom is 0.255 e. The lowest BCUT2D eigenvalue weighted by molar-refractivity contribution is -0.123. The van der Waals surface area contributed by atoms with Crippen LogP contribution in [0.3, 0.4) is 0 Å². The Bertz CT molecular complexity index is 816. The summed E-state index contributed by atoms with van der Waals surface area (Å²) in [6.07, 6.45) is 1.53. The first-order chi connectivity index (χ1) is 11.4. The first-order valence-electron chi connectivity index (χ1n) is 8.35. The number of primary amides is 1. The third kappa shape index (κ3) is 2.98. The van der Waals surface area contributed by atoms with Crippen molar-refractivity contribution in [1.82, 2.24) is 9.88 Å². The Balaban J connectivity index is 1.96. The molecule has 1 aliphatic heterocycles. The summed E-state index contributed by atoms with van der Waals surface area (Å²) in [5.74, 6) is -0.661. The number of hydrogen-bond donors (Lipinski definition) is 1. The summed E-state index contributed by atoms with van der Waals surface area (Å²) in [4.78, 5) is 30.9. The summed E-state index contributed by atoms with van der Waals surface area (Å²) in [6.45, 7) is 6.28. The monoisotopic (exact) mass is 325 g/mol. The molecule has 126 valence electrons. The van der Waals surface area contributed by atoms with Crippen molar-refractivity contribution in [3.63, 3.8) is 0 Å². The van der Waals surface area contributed by atoms with Crippen molar-refractivity contribution in [3.8, 4) is 0 Å². The lowest BCUT2D eigenvalue weighted by Crippen LogP contribution is -2.48. The molecule has 0 radical (unpaired) electrons. The molecule has 1 fully saturated rings. The molecule has 0 spiro atoms. The molecule has 2 amide bonds. The van der Waals surface area contributed by atoms with Gasteiger partial charge in [-0.25, -0.2) is 0 Å². The maximum absolute atomic E-state index is 13.0. The van der Waals surface area contributed by atoms with E-state index in [9.17, 15) is 9.59 Å². The lowest BCUT2D eigenvalue weighted by Gasteiger charge is -2.37. The maximum atomic E-state index is 13.0. The highest BCUT2D eigenvalue weighted by Crippen LogP contribution is 2.25. The fourth-order valence-corrected chi connectivity index (χ4v) is 3.37. The number of pyridine rings is 1. The van der Waals surface area contributed by atoms with Gasteiger partial charge in [-0.1, -0.05) is 12.1 Å². The Morgan fingerprint density at radius 1 is 1.21 bits per heavy atom. The molecule has 1 aromatic carbocycles. The number of nitrogens with zero attached hydrogens (tertiary/aromatic N) is 2. The van der Waals surface area contributed by atoms with E-state index in [0.29, 0.717) is 17.8 Å². The molecule has 1 aromatic heterocycles. The van der Waals surface area contributed by atoms with E-state index in [0.717, 1.165) is 29.3 Å². The number of aromatic nitrogens is 1. The van der Waals surface area contributed by atoms with Crippen LogP contribution in [-0.4, -0.2) is 34.3 Å². The average Bonchev–Trinajstić information content (AvgIpc) is 2.53. The molecule has 1 saturated heterocycles. The molecule has 0 bridgehead atoms.